The highest BCUT2D eigenvalue weighted by atomic mass is 16.6. The molecule has 1 unspecified atom stereocenters. The fraction of sp³-hybridized carbons (Fsp3) is 0.222. The number of oxime groups is 1. The lowest BCUT2D eigenvalue weighted by Gasteiger charge is -2.25. The molecule has 0 fully saturated rings. The van der Waals surface area contributed by atoms with Crippen LogP contribution in [0.15, 0.2) is 59.8 Å². The maximum Gasteiger partial charge on any atom is 0.254 e. The van der Waals surface area contributed by atoms with Crippen LogP contribution in [-0.2, 0) is 4.84 Å². The lowest BCUT2D eigenvalue weighted by Crippen LogP contribution is -2.29. The molecule has 0 saturated carbocycles. The van der Waals surface area contributed by atoms with Crippen molar-refractivity contribution < 1.29 is 9.63 Å². The summed E-state index contributed by atoms with van der Waals surface area (Å²) in [6.07, 6.45) is 1.60. The van der Waals surface area contributed by atoms with Crippen LogP contribution in [0.25, 0.3) is 0 Å². The SMILES string of the molecule is CON=Cc1ccc(C(=O)N(C)C(C)c2ccccc2)cc1. The molecule has 1 atom stereocenters. The van der Waals surface area contributed by atoms with Crippen LogP contribution in [0.5, 0.6) is 0 Å². The standard InChI is InChI=1S/C18H20N2O2/c1-14(16-7-5-4-6-8-16)20(2)18(21)17-11-9-15(10-12-17)13-19-22-3/h4-14H,1-3H3. The van der Waals surface area contributed by atoms with Crippen LogP contribution in [0.2, 0.25) is 0 Å². The first kappa shape index (κ1) is 15.8. The van der Waals surface area contributed by atoms with Gasteiger partial charge in [-0.1, -0.05) is 47.6 Å². The van der Waals surface area contributed by atoms with E-state index in [1.807, 2.05) is 56.4 Å². The maximum atomic E-state index is 12.6. The highest BCUT2D eigenvalue weighted by Gasteiger charge is 2.18. The molecule has 114 valence electrons. The Balaban J connectivity index is 2.12. The zero-order chi connectivity index (χ0) is 15.9. The molecule has 0 heterocycles. The predicted octanol–water partition coefficient (Wildman–Crippen LogP) is 3.50. The van der Waals surface area contributed by atoms with Crippen LogP contribution in [0.4, 0.5) is 0 Å². The lowest BCUT2D eigenvalue weighted by atomic mass is 10.1. The van der Waals surface area contributed by atoms with E-state index in [0.29, 0.717) is 5.56 Å². The summed E-state index contributed by atoms with van der Waals surface area (Å²) >= 11 is 0. The topological polar surface area (TPSA) is 41.9 Å². The summed E-state index contributed by atoms with van der Waals surface area (Å²) in [6.45, 7) is 2.02. The van der Waals surface area contributed by atoms with Gasteiger partial charge in [-0.2, -0.15) is 0 Å². The Morgan fingerprint density at radius 3 is 2.36 bits per heavy atom. The Kier molecular flexibility index (Phi) is 5.31. The molecule has 0 aliphatic carbocycles. The number of nitrogens with zero attached hydrogens (tertiary/aromatic N) is 2. The highest BCUT2D eigenvalue weighted by molar-refractivity contribution is 5.95. The minimum atomic E-state index is -0.00779. The molecule has 0 saturated heterocycles. The van der Waals surface area contributed by atoms with E-state index in [1.54, 1.807) is 23.2 Å². The average molecular weight is 296 g/mol. The summed E-state index contributed by atoms with van der Waals surface area (Å²) < 4.78 is 0. The van der Waals surface area contributed by atoms with Gasteiger partial charge in [0, 0.05) is 12.6 Å². The van der Waals surface area contributed by atoms with E-state index in [1.165, 1.54) is 7.11 Å². The van der Waals surface area contributed by atoms with E-state index in [2.05, 4.69) is 9.99 Å². The minimum Gasteiger partial charge on any atom is -0.399 e. The summed E-state index contributed by atoms with van der Waals surface area (Å²) in [4.78, 5) is 18.9. The second-order valence-corrected chi connectivity index (χ2v) is 5.04. The van der Waals surface area contributed by atoms with Crippen LogP contribution in [0.1, 0.15) is 34.5 Å². The van der Waals surface area contributed by atoms with Crippen molar-refractivity contribution in [1.82, 2.24) is 4.90 Å². The fourth-order valence-corrected chi connectivity index (χ4v) is 2.16. The number of rotatable bonds is 5. The molecular weight excluding hydrogens is 276 g/mol. The molecule has 2 aromatic rings. The monoisotopic (exact) mass is 296 g/mol. The average Bonchev–Trinajstić information content (AvgIpc) is 2.59. The molecule has 4 heteroatoms. The Morgan fingerprint density at radius 1 is 1.14 bits per heavy atom. The van der Waals surface area contributed by atoms with Crippen LogP contribution in [-0.4, -0.2) is 31.2 Å². The summed E-state index contributed by atoms with van der Waals surface area (Å²) in [7, 11) is 3.31. The first-order chi connectivity index (χ1) is 10.6. The molecule has 0 N–H and O–H groups in total. The first-order valence-electron chi connectivity index (χ1n) is 7.12. The zero-order valence-electron chi connectivity index (χ0n) is 13.1. The smallest absolute Gasteiger partial charge is 0.254 e. The molecular formula is C18H20N2O2. The lowest BCUT2D eigenvalue weighted by molar-refractivity contribution is 0.0742. The molecule has 4 nitrogen and oxygen atoms in total. The third-order valence-corrected chi connectivity index (χ3v) is 3.65. The van der Waals surface area contributed by atoms with E-state index in [0.717, 1.165) is 11.1 Å². The molecule has 0 aliphatic heterocycles. The second kappa shape index (κ2) is 7.41. The van der Waals surface area contributed by atoms with Gasteiger partial charge in [0.25, 0.3) is 5.91 Å². The van der Waals surface area contributed by atoms with Gasteiger partial charge >= 0.3 is 0 Å². The van der Waals surface area contributed by atoms with E-state index in [9.17, 15) is 4.79 Å². The summed E-state index contributed by atoms with van der Waals surface area (Å²) in [5, 5.41) is 3.70. The third kappa shape index (κ3) is 3.73. The van der Waals surface area contributed by atoms with Gasteiger partial charge in [0.2, 0.25) is 0 Å². The third-order valence-electron chi connectivity index (χ3n) is 3.65. The summed E-state index contributed by atoms with van der Waals surface area (Å²) in [6, 6.07) is 17.3. The van der Waals surface area contributed by atoms with Gasteiger partial charge in [-0.25, -0.2) is 0 Å². The highest BCUT2D eigenvalue weighted by Crippen LogP contribution is 2.20. The van der Waals surface area contributed by atoms with Gasteiger partial charge < -0.3 is 9.74 Å². The van der Waals surface area contributed by atoms with Crippen LogP contribution < -0.4 is 0 Å². The largest absolute Gasteiger partial charge is 0.399 e. The van der Waals surface area contributed by atoms with Gasteiger partial charge in [0.05, 0.1) is 12.3 Å². The molecule has 1 amide bonds. The Bertz CT molecular complexity index is 636. The van der Waals surface area contributed by atoms with Gasteiger partial charge in [-0.3, -0.25) is 4.79 Å². The molecule has 0 spiro atoms. The van der Waals surface area contributed by atoms with Crippen molar-refractivity contribution in [3.05, 3.63) is 71.3 Å². The number of hydrogen-bond donors (Lipinski definition) is 0. The molecule has 2 rings (SSSR count). The number of hydrogen-bond acceptors (Lipinski definition) is 3. The van der Waals surface area contributed by atoms with E-state index < -0.39 is 0 Å². The van der Waals surface area contributed by atoms with Crippen molar-refractivity contribution in [1.29, 1.82) is 0 Å². The predicted molar refractivity (Wildman–Crippen MR) is 88.0 cm³/mol. The maximum absolute atomic E-state index is 12.6. The van der Waals surface area contributed by atoms with Crippen LogP contribution in [0, 0.1) is 0 Å². The quantitative estimate of drug-likeness (QED) is 0.626. The zero-order valence-corrected chi connectivity index (χ0v) is 13.1. The van der Waals surface area contributed by atoms with E-state index >= 15 is 0 Å². The minimum absolute atomic E-state index is 0.00779. The van der Waals surface area contributed by atoms with Crippen molar-refractivity contribution >= 4 is 12.1 Å². The molecule has 0 bridgehead atoms. The van der Waals surface area contributed by atoms with Crippen LogP contribution >= 0.6 is 0 Å². The van der Waals surface area contributed by atoms with Gasteiger partial charge in [-0.15, -0.1) is 0 Å². The van der Waals surface area contributed by atoms with Gasteiger partial charge in [0.15, 0.2) is 0 Å². The fourth-order valence-electron chi connectivity index (χ4n) is 2.16. The Hall–Kier alpha value is -2.62. The van der Waals surface area contributed by atoms with Crippen molar-refractivity contribution in [2.45, 2.75) is 13.0 Å². The number of amides is 1. The molecule has 0 aromatic heterocycles. The second-order valence-electron chi connectivity index (χ2n) is 5.04. The van der Waals surface area contributed by atoms with Gasteiger partial charge in [0.1, 0.15) is 7.11 Å². The normalized spacial score (nSPS) is 12.1. The van der Waals surface area contributed by atoms with Crippen molar-refractivity contribution in [3.8, 4) is 0 Å². The van der Waals surface area contributed by atoms with Crippen molar-refractivity contribution in [2.75, 3.05) is 14.2 Å². The number of carbonyl (C=O) groups is 1. The molecule has 0 aliphatic rings. The number of carbonyl (C=O) groups excluding carboxylic acids is 1. The van der Waals surface area contributed by atoms with Crippen molar-refractivity contribution in [3.63, 3.8) is 0 Å². The first-order valence-corrected chi connectivity index (χ1v) is 7.12. The van der Waals surface area contributed by atoms with E-state index in [-0.39, 0.29) is 11.9 Å². The summed E-state index contributed by atoms with van der Waals surface area (Å²) in [5.41, 5.74) is 2.65. The molecule has 2 aromatic carbocycles. The number of benzene rings is 2. The Morgan fingerprint density at radius 2 is 1.77 bits per heavy atom. The van der Waals surface area contributed by atoms with Crippen molar-refractivity contribution in [2.24, 2.45) is 5.16 Å². The van der Waals surface area contributed by atoms with E-state index in [4.69, 9.17) is 0 Å². The van der Waals surface area contributed by atoms with Gasteiger partial charge in [-0.05, 0) is 30.2 Å². The Labute approximate surface area is 131 Å². The summed E-state index contributed by atoms with van der Waals surface area (Å²) in [5.74, 6) is -0.00779. The molecule has 22 heavy (non-hydrogen) atoms. The molecule has 0 radical (unpaired) electrons. The van der Waals surface area contributed by atoms with Crippen LogP contribution in [0.3, 0.4) is 0 Å².